The second-order valence-electron chi connectivity index (χ2n) is 9.32. The number of anilines is 2. The van der Waals surface area contributed by atoms with Crippen molar-refractivity contribution in [1.29, 1.82) is 0 Å². The van der Waals surface area contributed by atoms with E-state index in [1.807, 2.05) is 42.5 Å². The van der Waals surface area contributed by atoms with Crippen LogP contribution in [-0.4, -0.2) is 19.0 Å². The molecule has 0 amide bonds. The average Bonchev–Trinajstić information content (AvgIpc) is 3.06. The Morgan fingerprint density at radius 3 is 2.40 bits per heavy atom. The van der Waals surface area contributed by atoms with E-state index in [2.05, 4.69) is 54.8 Å². The molecule has 0 aromatic heterocycles. The van der Waals surface area contributed by atoms with E-state index in [0.717, 1.165) is 58.1 Å². The van der Waals surface area contributed by atoms with Gasteiger partial charge in [-0.05, 0) is 61.6 Å². The van der Waals surface area contributed by atoms with Gasteiger partial charge in [0.05, 0.1) is 30.6 Å². The van der Waals surface area contributed by atoms with Gasteiger partial charge >= 0.3 is 0 Å². The molecule has 0 saturated heterocycles. The molecule has 3 atom stereocenters. The molecule has 0 saturated carbocycles. The van der Waals surface area contributed by atoms with Crippen molar-refractivity contribution in [2.75, 3.05) is 17.7 Å². The van der Waals surface area contributed by atoms with Crippen molar-refractivity contribution < 1.29 is 14.3 Å². The van der Waals surface area contributed by atoms with Gasteiger partial charge in [-0.3, -0.25) is 4.79 Å². The number of para-hydroxylation sites is 3. The summed E-state index contributed by atoms with van der Waals surface area (Å²) in [7, 11) is 1.67. The van der Waals surface area contributed by atoms with Gasteiger partial charge in [-0.2, -0.15) is 0 Å². The summed E-state index contributed by atoms with van der Waals surface area (Å²) < 4.78 is 11.6. The van der Waals surface area contributed by atoms with Crippen LogP contribution < -0.4 is 20.1 Å². The molecule has 1 heterocycles. The predicted molar refractivity (Wildman–Crippen MR) is 140 cm³/mol. The van der Waals surface area contributed by atoms with Crippen LogP contribution in [0.4, 0.5) is 11.4 Å². The number of hydrogen-bond donors (Lipinski definition) is 2. The first-order chi connectivity index (χ1) is 17.1. The summed E-state index contributed by atoms with van der Waals surface area (Å²) in [5.74, 6) is 1.90. The van der Waals surface area contributed by atoms with Crippen LogP contribution in [-0.2, 0) is 4.79 Å². The topological polar surface area (TPSA) is 59.6 Å². The Labute approximate surface area is 207 Å². The van der Waals surface area contributed by atoms with E-state index in [1.54, 1.807) is 7.11 Å². The molecule has 0 fully saturated rings. The maximum Gasteiger partial charge on any atom is 0.163 e. The van der Waals surface area contributed by atoms with Crippen LogP contribution >= 0.6 is 0 Å². The molecule has 0 spiro atoms. The van der Waals surface area contributed by atoms with E-state index in [9.17, 15) is 4.79 Å². The molecular formula is C30H32N2O3. The van der Waals surface area contributed by atoms with Crippen LogP contribution in [0.5, 0.6) is 11.5 Å². The smallest absolute Gasteiger partial charge is 0.163 e. The van der Waals surface area contributed by atoms with Crippen molar-refractivity contribution in [3.05, 3.63) is 95.2 Å². The van der Waals surface area contributed by atoms with Crippen molar-refractivity contribution in [1.82, 2.24) is 0 Å². The van der Waals surface area contributed by atoms with Crippen LogP contribution in [0.15, 0.2) is 84.1 Å². The van der Waals surface area contributed by atoms with Crippen LogP contribution in [0.1, 0.15) is 56.2 Å². The molecule has 3 aromatic carbocycles. The summed E-state index contributed by atoms with van der Waals surface area (Å²) in [5.41, 5.74) is 5.85. The summed E-state index contributed by atoms with van der Waals surface area (Å²) in [6.07, 6.45) is 2.22. The van der Waals surface area contributed by atoms with Crippen molar-refractivity contribution in [3.8, 4) is 11.5 Å². The van der Waals surface area contributed by atoms with E-state index in [4.69, 9.17) is 9.47 Å². The molecule has 3 aromatic rings. The molecule has 1 aliphatic carbocycles. The van der Waals surface area contributed by atoms with Gasteiger partial charge in [0.2, 0.25) is 0 Å². The van der Waals surface area contributed by atoms with Crippen LogP contribution in [0.2, 0.25) is 0 Å². The highest BCUT2D eigenvalue weighted by molar-refractivity contribution is 6.01. The van der Waals surface area contributed by atoms with Crippen LogP contribution in [0.3, 0.4) is 0 Å². The van der Waals surface area contributed by atoms with Gasteiger partial charge in [-0.1, -0.05) is 49.4 Å². The lowest BCUT2D eigenvalue weighted by Gasteiger charge is -2.31. The van der Waals surface area contributed by atoms with Gasteiger partial charge in [0, 0.05) is 23.3 Å². The lowest BCUT2D eigenvalue weighted by molar-refractivity contribution is -0.116. The predicted octanol–water partition coefficient (Wildman–Crippen LogP) is 6.85. The Kier molecular flexibility index (Phi) is 6.49. The lowest BCUT2D eigenvalue weighted by atomic mass is 9.78. The molecule has 0 bridgehead atoms. The summed E-state index contributed by atoms with van der Waals surface area (Å²) in [6.45, 7) is 4.19. The van der Waals surface area contributed by atoms with Gasteiger partial charge < -0.3 is 20.1 Å². The Hall–Kier alpha value is -3.73. The largest absolute Gasteiger partial charge is 0.497 e. The Morgan fingerprint density at radius 2 is 1.66 bits per heavy atom. The SMILES string of the molecule is CCC(C)Oc1ccccc1C1Nc2ccccc2NC2=C1C(=O)CC(c1ccc(OC)cc1)C2. The number of Topliss-reactive ketones (excluding diaryl/α,β-unsaturated/α-hetero) is 1. The second kappa shape index (κ2) is 9.87. The number of ketones is 1. The molecule has 0 radical (unpaired) electrons. The van der Waals surface area contributed by atoms with E-state index in [1.165, 1.54) is 0 Å². The number of hydrogen-bond acceptors (Lipinski definition) is 5. The van der Waals surface area contributed by atoms with Gasteiger partial charge in [0.1, 0.15) is 11.5 Å². The highest BCUT2D eigenvalue weighted by Gasteiger charge is 2.37. The van der Waals surface area contributed by atoms with Gasteiger partial charge in [0.15, 0.2) is 5.78 Å². The third-order valence-corrected chi connectivity index (χ3v) is 7.03. The van der Waals surface area contributed by atoms with Crippen molar-refractivity contribution in [3.63, 3.8) is 0 Å². The number of carbonyl (C=O) groups is 1. The Balaban J connectivity index is 1.58. The van der Waals surface area contributed by atoms with Crippen LogP contribution in [0, 0.1) is 0 Å². The van der Waals surface area contributed by atoms with Crippen molar-refractivity contribution in [2.45, 2.75) is 51.2 Å². The van der Waals surface area contributed by atoms with E-state index >= 15 is 0 Å². The second-order valence-corrected chi connectivity index (χ2v) is 9.32. The van der Waals surface area contributed by atoms with Gasteiger partial charge in [-0.15, -0.1) is 0 Å². The number of allylic oxidation sites excluding steroid dienone is 1. The van der Waals surface area contributed by atoms with E-state index < -0.39 is 0 Å². The Bertz CT molecular complexity index is 1250. The third kappa shape index (κ3) is 4.63. The molecule has 3 unspecified atom stereocenters. The number of fused-ring (bicyclic) bond motifs is 1. The molecule has 5 heteroatoms. The fourth-order valence-electron chi connectivity index (χ4n) is 4.96. The molecule has 180 valence electrons. The quantitative estimate of drug-likeness (QED) is 0.414. The maximum absolute atomic E-state index is 13.8. The van der Waals surface area contributed by atoms with E-state index in [0.29, 0.717) is 6.42 Å². The summed E-state index contributed by atoms with van der Waals surface area (Å²) >= 11 is 0. The summed E-state index contributed by atoms with van der Waals surface area (Å²) in [4.78, 5) is 13.8. The fraction of sp³-hybridized carbons (Fsp3) is 0.300. The average molecular weight is 469 g/mol. The number of rotatable bonds is 6. The first-order valence-electron chi connectivity index (χ1n) is 12.4. The third-order valence-electron chi connectivity index (χ3n) is 7.03. The number of nitrogens with one attached hydrogen (secondary N) is 2. The minimum Gasteiger partial charge on any atom is -0.497 e. The molecule has 2 N–H and O–H groups in total. The van der Waals surface area contributed by atoms with Crippen molar-refractivity contribution >= 4 is 17.2 Å². The maximum atomic E-state index is 13.8. The minimum absolute atomic E-state index is 0.0855. The molecule has 35 heavy (non-hydrogen) atoms. The number of benzene rings is 3. The first kappa shape index (κ1) is 23.0. The highest BCUT2D eigenvalue weighted by atomic mass is 16.5. The summed E-state index contributed by atoms with van der Waals surface area (Å²) in [5, 5.41) is 7.29. The normalized spacial score (nSPS) is 20.0. The molecule has 1 aliphatic heterocycles. The van der Waals surface area contributed by atoms with Crippen molar-refractivity contribution in [2.24, 2.45) is 0 Å². The highest BCUT2D eigenvalue weighted by Crippen LogP contribution is 2.46. The number of methoxy groups -OCH3 is 1. The molecular weight excluding hydrogens is 436 g/mol. The fourth-order valence-corrected chi connectivity index (χ4v) is 4.96. The number of ether oxygens (including phenoxy) is 2. The Morgan fingerprint density at radius 1 is 0.943 bits per heavy atom. The van der Waals surface area contributed by atoms with Crippen LogP contribution in [0.25, 0.3) is 0 Å². The standard InChI is InChI=1S/C30H32N2O3/c1-4-19(2)35-28-12-8-5-9-23(28)30-29-26(31-24-10-6-7-11-25(24)32-30)17-21(18-27(29)33)20-13-15-22(34-3)16-14-20/h5-16,19,21,30-32H,4,17-18H2,1-3H3. The zero-order valence-electron chi connectivity index (χ0n) is 20.5. The number of carbonyl (C=O) groups excluding carboxylic acids is 1. The summed E-state index contributed by atoms with van der Waals surface area (Å²) in [6, 6.07) is 24.0. The minimum atomic E-state index is -0.300. The van der Waals surface area contributed by atoms with Gasteiger partial charge in [0.25, 0.3) is 0 Å². The molecule has 2 aliphatic rings. The van der Waals surface area contributed by atoms with Gasteiger partial charge in [-0.25, -0.2) is 0 Å². The zero-order valence-corrected chi connectivity index (χ0v) is 20.5. The monoisotopic (exact) mass is 468 g/mol. The lowest BCUT2D eigenvalue weighted by Crippen LogP contribution is -2.27. The molecule has 5 rings (SSSR count). The first-order valence-corrected chi connectivity index (χ1v) is 12.4. The van der Waals surface area contributed by atoms with E-state index in [-0.39, 0.29) is 23.8 Å². The molecule has 5 nitrogen and oxygen atoms in total. The zero-order chi connectivity index (χ0) is 24.4.